The predicted molar refractivity (Wildman–Crippen MR) is 146 cm³/mol. The first-order valence-corrected chi connectivity index (χ1v) is 13.7. The number of ether oxygens (including phenoxy) is 2. The normalized spacial score (nSPS) is 18.3. The van der Waals surface area contributed by atoms with Crippen molar-refractivity contribution >= 4 is 33.8 Å². The molecule has 0 radical (unpaired) electrons. The minimum absolute atomic E-state index is 0.0594. The lowest BCUT2D eigenvalue weighted by Gasteiger charge is -2.33. The summed E-state index contributed by atoms with van der Waals surface area (Å²) in [6.07, 6.45) is 6.26. The van der Waals surface area contributed by atoms with Crippen molar-refractivity contribution in [1.82, 2.24) is 4.90 Å². The van der Waals surface area contributed by atoms with Gasteiger partial charge in [-0.2, -0.15) is 0 Å². The van der Waals surface area contributed by atoms with Crippen molar-refractivity contribution < 1.29 is 19.1 Å². The third-order valence-electron chi connectivity index (χ3n) is 7.44. The smallest absolute Gasteiger partial charge is 0.259 e. The molecule has 36 heavy (non-hydrogen) atoms. The van der Waals surface area contributed by atoms with E-state index in [1.807, 2.05) is 0 Å². The zero-order valence-corrected chi connectivity index (χ0v) is 23.0. The summed E-state index contributed by atoms with van der Waals surface area (Å²) in [5, 5.41) is 6.78. The lowest BCUT2D eigenvalue weighted by Crippen LogP contribution is -2.37. The molecule has 1 fully saturated rings. The minimum Gasteiger partial charge on any atom is -0.497 e. The third kappa shape index (κ3) is 6.03. The predicted octanol–water partition coefficient (Wildman–Crippen LogP) is 5.59. The van der Waals surface area contributed by atoms with Gasteiger partial charge >= 0.3 is 0 Å². The first kappa shape index (κ1) is 26.5. The fourth-order valence-corrected chi connectivity index (χ4v) is 6.58. The molecular weight excluding hydrogens is 474 g/mol. The fraction of sp³-hybridized carbons (Fsp3) is 0.571. The number of likely N-dealkylation sites (tertiary alicyclic amines) is 1. The van der Waals surface area contributed by atoms with E-state index in [2.05, 4.69) is 36.3 Å². The van der Waals surface area contributed by atoms with Gasteiger partial charge in [0.1, 0.15) is 16.5 Å². The number of nitrogens with zero attached hydrogens (tertiary/aromatic N) is 1. The van der Waals surface area contributed by atoms with Crippen LogP contribution >= 0.6 is 11.3 Å². The maximum Gasteiger partial charge on any atom is 0.259 e. The summed E-state index contributed by atoms with van der Waals surface area (Å²) < 4.78 is 10.8. The van der Waals surface area contributed by atoms with Gasteiger partial charge in [0.25, 0.3) is 5.91 Å². The van der Waals surface area contributed by atoms with E-state index in [1.54, 1.807) is 43.8 Å². The van der Waals surface area contributed by atoms with Crippen LogP contribution in [0.3, 0.4) is 0 Å². The summed E-state index contributed by atoms with van der Waals surface area (Å²) >= 11 is 1.56. The number of benzene rings is 1. The van der Waals surface area contributed by atoms with E-state index in [4.69, 9.17) is 9.47 Å². The number of nitrogens with one attached hydrogen (secondary N) is 2. The lowest BCUT2D eigenvalue weighted by atomic mass is 9.72. The molecule has 0 bridgehead atoms. The van der Waals surface area contributed by atoms with Crippen LogP contribution in [0.2, 0.25) is 0 Å². The first-order chi connectivity index (χ1) is 17.2. The summed E-state index contributed by atoms with van der Waals surface area (Å²) in [4.78, 5) is 30.1. The first-order valence-electron chi connectivity index (χ1n) is 12.9. The number of carbonyl (C=O) groups is 2. The molecular formula is C28H39N3O4S. The van der Waals surface area contributed by atoms with Crippen LogP contribution < -0.4 is 20.1 Å². The van der Waals surface area contributed by atoms with Crippen molar-refractivity contribution in [3.8, 4) is 11.5 Å². The minimum atomic E-state index is -0.235. The summed E-state index contributed by atoms with van der Waals surface area (Å²) in [5.41, 5.74) is 2.37. The molecule has 0 unspecified atom stereocenters. The molecule has 1 aliphatic carbocycles. The fourth-order valence-electron chi connectivity index (χ4n) is 5.24. The van der Waals surface area contributed by atoms with Crippen molar-refractivity contribution in [3.05, 3.63) is 34.2 Å². The maximum atomic E-state index is 13.7. The van der Waals surface area contributed by atoms with Gasteiger partial charge in [0.15, 0.2) is 0 Å². The monoisotopic (exact) mass is 513 g/mol. The number of amides is 2. The summed E-state index contributed by atoms with van der Waals surface area (Å²) in [7, 11) is 3.16. The van der Waals surface area contributed by atoms with Gasteiger partial charge in [0.05, 0.1) is 32.0 Å². The van der Waals surface area contributed by atoms with E-state index < -0.39 is 0 Å². The molecule has 0 saturated carbocycles. The van der Waals surface area contributed by atoms with E-state index in [0.717, 1.165) is 50.8 Å². The van der Waals surface area contributed by atoms with Crippen LogP contribution in [0.5, 0.6) is 11.5 Å². The van der Waals surface area contributed by atoms with E-state index in [9.17, 15) is 9.59 Å². The molecule has 2 N–H and O–H groups in total. The van der Waals surface area contributed by atoms with Crippen LogP contribution in [0.4, 0.5) is 10.7 Å². The Bertz CT molecular complexity index is 1100. The number of methoxy groups -OCH3 is 2. The van der Waals surface area contributed by atoms with Crippen LogP contribution in [-0.4, -0.2) is 50.6 Å². The number of piperidine rings is 1. The van der Waals surface area contributed by atoms with Crippen molar-refractivity contribution in [2.24, 2.45) is 11.3 Å². The molecule has 2 heterocycles. The van der Waals surface area contributed by atoms with Gasteiger partial charge in [-0.25, -0.2) is 0 Å². The van der Waals surface area contributed by atoms with Crippen molar-refractivity contribution in [2.75, 3.05) is 44.5 Å². The second-order valence-corrected chi connectivity index (χ2v) is 12.0. The molecule has 1 aliphatic heterocycles. The van der Waals surface area contributed by atoms with Gasteiger partial charge in [-0.1, -0.05) is 27.2 Å². The zero-order valence-electron chi connectivity index (χ0n) is 22.2. The molecule has 8 heteroatoms. The van der Waals surface area contributed by atoms with Crippen LogP contribution in [-0.2, 0) is 17.6 Å². The lowest BCUT2D eigenvalue weighted by molar-refractivity contribution is -0.117. The SMILES string of the molecule is COc1ccc(OC)c(NC(=O)c2c(NC(=O)CN3CCCCC3)sc3c2CC[C@H](C(C)(C)C)C3)c1. The molecule has 2 aromatic rings. The summed E-state index contributed by atoms with van der Waals surface area (Å²) in [6, 6.07) is 5.31. The van der Waals surface area contributed by atoms with Gasteiger partial charge in [-0.15, -0.1) is 11.3 Å². The Morgan fingerprint density at radius 3 is 2.50 bits per heavy atom. The van der Waals surface area contributed by atoms with Crippen LogP contribution in [0, 0.1) is 11.3 Å². The van der Waals surface area contributed by atoms with Crippen LogP contribution in [0.25, 0.3) is 0 Å². The number of carbonyl (C=O) groups excluding carboxylic acids is 2. The number of rotatable bonds is 7. The van der Waals surface area contributed by atoms with Gasteiger partial charge in [0.2, 0.25) is 5.91 Å². The average Bonchev–Trinajstić information content (AvgIpc) is 3.20. The Kier molecular flexibility index (Phi) is 8.25. The topological polar surface area (TPSA) is 79.9 Å². The van der Waals surface area contributed by atoms with Gasteiger partial charge in [0, 0.05) is 10.9 Å². The molecule has 7 nitrogen and oxygen atoms in total. The zero-order chi connectivity index (χ0) is 25.9. The summed E-state index contributed by atoms with van der Waals surface area (Å²) in [6.45, 7) is 9.09. The Morgan fingerprint density at radius 1 is 1.08 bits per heavy atom. The van der Waals surface area contributed by atoms with E-state index >= 15 is 0 Å². The van der Waals surface area contributed by atoms with Crippen LogP contribution in [0.1, 0.15) is 67.3 Å². The van der Waals surface area contributed by atoms with Gasteiger partial charge < -0.3 is 20.1 Å². The molecule has 4 rings (SSSR count). The Balaban J connectivity index is 1.63. The standard InChI is InChI=1S/C28H39N3O4S/c1-28(2,3)18-9-11-20-23(15-18)36-27(30-24(32)17-31-13-7-6-8-14-31)25(20)26(33)29-21-16-19(34-4)10-12-22(21)35-5/h10,12,16,18H,6-9,11,13-15,17H2,1-5H3,(H,29,33)(H,30,32)/t18-/m0/s1. The van der Waals surface area contributed by atoms with Crippen molar-refractivity contribution in [3.63, 3.8) is 0 Å². The highest BCUT2D eigenvalue weighted by Crippen LogP contribution is 2.44. The Hall–Kier alpha value is -2.58. The Labute approximate surface area is 218 Å². The molecule has 1 aromatic carbocycles. The molecule has 0 spiro atoms. The number of fused-ring (bicyclic) bond motifs is 1. The van der Waals surface area contributed by atoms with E-state index in [1.165, 1.54) is 11.3 Å². The van der Waals surface area contributed by atoms with E-state index in [-0.39, 0.29) is 17.2 Å². The third-order valence-corrected chi connectivity index (χ3v) is 8.61. The summed E-state index contributed by atoms with van der Waals surface area (Å²) in [5.74, 6) is 1.42. The van der Waals surface area contributed by atoms with E-state index in [0.29, 0.717) is 40.2 Å². The second kappa shape index (κ2) is 11.2. The molecule has 1 saturated heterocycles. The molecule has 196 valence electrons. The number of hydrogen-bond donors (Lipinski definition) is 2. The average molecular weight is 514 g/mol. The quantitative estimate of drug-likeness (QED) is 0.504. The number of hydrogen-bond acceptors (Lipinski definition) is 6. The number of thiophene rings is 1. The van der Waals surface area contributed by atoms with Gasteiger partial charge in [-0.3, -0.25) is 14.5 Å². The van der Waals surface area contributed by atoms with Crippen molar-refractivity contribution in [2.45, 2.75) is 59.3 Å². The highest BCUT2D eigenvalue weighted by molar-refractivity contribution is 7.17. The van der Waals surface area contributed by atoms with Crippen molar-refractivity contribution in [1.29, 1.82) is 0 Å². The molecule has 1 atom stereocenters. The highest BCUT2D eigenvalue weighted by Gasteiger charge is 2.34. The maximum absolute atomic E-state index is 13.7. The van der Waals surface area contributed by atoms with Gasteiger partial charge in [-0.05, 0) is 74.2 Å². The highest BCUT2D eigenvalue weighted by atomic mass is 32.1. The largest absolute Gasteiger partial charge is 0.497 e. The second-order valence-electron chi connectivity index (χ2n) is 10.9. The van der Waals surface area contributed by atoms with Crippen LogP contribution in [0.15, 0.2) is 18.2 Å². The molecule has 2 amide bonds. The Morgan fingerprint density at radius 2 is 1.83 bits per heavy atom. The molecule has 2 aliphatic rings. The number of anilines is 2. The molecule has 1 aromatic heterocycles.